The Balaban J connectivity index is 1.79. The molecular formula is C13H21N3. The first-order chi connectivity index (χ1) is 7.68. The highest BCUT2D eigenvalue weighted by atomic mass is 14.9. The molecule has 0 bridgehead atoms. The van der Waals surface area contributed by atoms with Gasteiger partial charge in [-0.3, -0.25) is 0 Å². The Morgan fingerprint density at radius 1 is 1.38 bits per heavy atom. The summed E-state index contributed by atoms with van der Waals surface area (Å²) in [6.45, 7) is 6.29. The fourth-order valence-corrected chi connectivity index (χ4v) is 2.50. The van der Waals surface area contributed by atoms with Crippen molar-refractivity contribution in [3.05, 3.63) is 23.8 Å². The van der Waals surface area contributed by atoms with E-state index < -0.39 is 0 Å². The predicted octanol–water partition coefficient (Wildman–Crippen LogP) is 2.45. The molecule has 16 heavy (non-hydrogen) atoms. The minimum absolute atomic E-state index is 0.516. The number of aryl methyl sites for hydroxylation is 1. The van der Waals surface area contributed by atoms with Gasteiger partial charge in [0.15, 0.2) is 0 Å². The highest BCUT2D eigenvalue weighted by Crippen LogP contribution is 2.36. The Morgan fingerprint density at radius 2 is 2.12 bits per heavy atom. The zero-order valence-corrected chi connectivity index (χ0v) is 10.3. The molecule has 1 aromatic rings. The van der Waals surface area contributed by atoms with E-state index in [0.29, 0.717) is 5.41 Å². The van der Waals surface area contributed by atoms with Crippen LogP contribution in [0.3, 0.4) is 0 Å². The Bertz CT molecular complexity index is 343. The molecule has 3 nitrogen and oxygen atoms in total. The van der Waals surface area contributed by atoms with Crippen molar-refractivity contribution >= 4 is 0 Å². The van der Waals surface area contributed by atoms with Crippen LogP contribution < -0.4 is 5.32 Å². The molecule has 3 heteroatoms. The number of aromatic nitrogens is 2. The summed E-state index contributed by atoms with van der Waals surface area (Å²) in [7, 11) is 0. The minimum atomic E-state index is 0.516. The Morgan fingerprint density at radius 3 is 2.81 bits per heavy atom. The van der Waals surface area contributed by atoms with Crippen LogP contribution in [-0.4, -0.2) is 16.5 Å². The van der Waals surface area contributed by atoms with E-state index in [2.05, 4.69) is 22.2 Å². The summed E-state index contributed by atoms with van der Waals surface area (Å²) in [5.41, 5.74) is 1.61. The second-order valence-corrected chi connectivity index (χ2v) is 5.22. The van der Waals surface area contributed by atoms with Gasteiger partial charge < -0.3 is 5.32 Å². The van der Waals surface area contributed by atoms with Crippen molar-refractivity contribution in [2.24, 2.45) is 5.41 Å². The maximum absolute atomic E-state index is 4.39. The third-order valence-corrected chi connectivity index (χ3v) is 3.50. The highest BCUT2D eigenvalue weighted by Gasteiger charge is 2.27. The first-order valence-corrected chi connectivity index (χ1v) is 6.17. The summed E-state index contributed by atoms with van der Waals surface area (Å²) in [5, 5.41) is 3.52. The zero-order chi connectivity index (χ0) is 11.4. The molecule has 1 heterocycles. The second kappa shape index (κ2) is 4.91. The molecule has 0 radical (unpaired) electrons. The van der Waals surface area contributed by atoms with Crippen LogP contribution in [0.25, 0.3) is 0 Å². The predicted molar refractivity (Wildman–Crippen MR) is 65.1 cm³/mol. The summed E-state index contributed by atoms with van der Waals surface area (Å²) >= 11 is 0. The molecule has 0 unspecified atom stereocenters. The Labute approximate surface area is 97.7 Å². The van der Waals surface area contributed by atoms with Gasteiger partial charge in [-0.25, -0.2) is 9.97 Å². The molecule has 0 amide bonds. The zero-order valence-electron chi connectivity index (χ0n) is 10.3. The normalized spacial score (nSPS) is 18.9. The van der Waals surface area contributed by atoms with Gasteiger partial charge in [0, 0.05) is 19.3 Å². The number of nitrogens with zero attached hydrogens (tertiary/aromatic N) is 2. The molecule has 88 valence electrons. The SMILES string of the molecule is Cc1nccc(CNCC2(C)CCCC2)n1. The van der Waals surface area contributed by atoms with Gasteiger partial charge in [-0.1, -0.05) is 19.8 Å². The van der Waals surface area contributed by atoms with Gasteiger partial charge in [-0.2, -0.15) is 0 Å². The van der Waals surface area contributed by atoms with Gasteiger partial charge in [0.2, 0.25) is 0 Å². The molecule has 0 spiro atoms. The van der Waals surface area contributed by atoms with Crippen molar-refractivity contribution < 1.29 is 0 Å². The third-order valence-electron chi connectivity index (χ3n) is 3.50. The lowest BCUT2D eigenvalue weighted by molar-refractivity contribution is 0.314. The highest BCUT2D eigenvalue weighted by molar-refractivity contribution is 5.01. The van der Waals surface area contributed by atoms with Gasteiger partial charge in [0.05, 0.1) is 5.69 Å². The van der Waals surface area contributed by atoms with Crippen LogP contribution in [-0.2, 0) is 6.54 Å². The maximum Gasteiger partial charge on any atom is 0.125 e. The van der Waals surface area contributed by atoms with Crippen LogP contribution in [0.4, 0.5) is 0 Å². The fraction of sp³-hybridized carbons (Fsp3) is 0.692. The lowest BCUT2D eigenvalue weighted by Gasteiger charge is -2.23. The second-order valence-electron chi connectivity index (χ2n) is 5.22. The van der Waals surface area contributed by atoms with Crippen molar-refractivity contribution in [1.82, 2.24) is 15.3 Å². The summed E-state index contributed by atoms with van der Waals surface area (Å²) in [6.07, 6.45) is 7.35. The molecule has 0 atom stereocenters. The number of hydrogen-bond donors (Lipinski definition) is 1. The molecule has 1 N–H and O–H groups in total. The van der Waals surface area contributed by atoms with Crippen molar-refractivity contribution in [1.29, 1.82) is 0 Å². The maximum atomic E-state index is 4.39. The monoisotopic (exact) mass is 219 g/mol. The van der Waals surface area contributed by atoms with Crippen LogP contribution >= 0.6 is 0 Å². The van der Waals surface area contributed by atoms with Crippen molar-refractivity contribution in [2.45, 2.75) is 46.1 Å². The molecule has 0 aliphatic heterocycles. The van der Waals surface area contributed by atoms with E-state index in [1.165, 1.54) is 25.7 Å². The van der Waals surface area contributed by atoms with Gasteiger partial charge in [0.25, 0.3) is 0 Å². The van der Waals surface area contributed by atoms with Gasteiger partial charge in [-0.15, -0.1) is 0 Å². The van der Waals surface area contributed by atoms with E-state index in [0.717, 1.165) is 24.6 Å². The Kier molecular flexibility index (Phi) is 3.54. The van der Waals surface area contributed by atoms with E-state index in [-0.39, 0.29) is 0 Å². The quantitative estimate of drug-likeness (QED) is 0.845. The molecule has 1 saturated carbocycles. The third kappa shape index (κ3) is 3.01. The van der Waals surface area contributed by atoms with Crippen LogP contribution in [0.1, 0.15) is 44.1 Å². The van der Waals surface area contributed by atoms with E-state index in [1.54, 1.807) is 0 Å². The largest absolute Gasteiger partial charge is 0.311 e. The van der Waals surface area contributed by atoms with E-state index >= 15 is 0 Å². The van der Waals surface area contributed by atoms with Gasteiger partial charge in [0.1, 0.15) is 5.82 Å². The first kappa shape index (κ1) is 11.5. The van der Waals surface area contributed by atoms with E-state index in [1.807, 2.05) is 19.2 Å². The molecule has 1 aliphatic rings. The molecule has 2 rings (SSSR count). The van der Waals surface area contributed by atoms with Crippen molar-refractivity contribution in [2.75, 3.05) is 6.54 Å². The van der Waals surface area contributed by atoms with E-state index in [9.17, 15) is 0 Å². The van der Waals surface area contributed by atoms with Crippen LogP contribution in [0.2, 0.25) is 0 Å². The first-order valence-electron chi connectivity index (χ1n) is 6.17. The van der Waals surface area contributed by atoms with Crippen LogP contribution in [0.5, 0.6) is 0 Å². The summed E-state index contributed by atoms with van der Waals surface area (Å²) in [4.78, 5) is 8.49. The molecule has 1 aliphatic carbocycles. The lowest BCUT2D eigenvalue weighted by atomic mass is 9.89. The standard InChI is InChI=1S/C13H21N3/c1-11-15-8-5-12(16-11)9-14-10-13(2)6-3-4-7-13/h5,8,14H,3-4,6-7,9-10H2,1-2H3. The smallest absolute Gasteiger partial charge is 0.125 e. The average Bonchev–Trinajstić information content (AvgIpc) is 2.65. The van der Waals surface area contributed by atoms with Gasteiger partial charge in [-0.05, 0) is 31.2 Å². The molecule has 0 saturated heterocycles. The molecule has 1 fully saturated rings. The summed E-state index contributed by atoms with van der Waals surface area (Å²) in [6, 6.07) is 1.98. The average molecular weight is 219 g/mol. The number of rotatable bonds is 4. The number of nitrogens with one attached hydrogen (secondary N) is 1. The molecule has 1 aromatic heterocycles. The molecular weight excluding hydrogens is 198 g/mol. The van der Waals surface area contributed by atoms with Crippen molar-refractivity contribution in [3.8, 4) is 0 Å². The van der Waals surface area contributed by atoms with Gasteiger partial charge >= 0.3 is 0 Å². The summed E-state index contributed by atoms with van der Waals surface area (Å²) < 4.78 is 0. The topological polar surface area (TPSA) is 37.8 Å². The van der Waals surface area contributed by atoms with Crippen molar-refractivity contribution in [3.63, 3.8) is 0 Å². The Hall–Kier alpha value is -0.960. The van der Waals surface area contributed by atoms with Crippen LogP contribution in [0, 0.1) is 12.3 Å². The number of hydrogen-bond acceptors (Lipinski definition) is 3. The van der Waals surface area contributed by atoms with E-state index in [4.69, 9.17) is 0 Å². The lowest BCUT2D eigenvalue weighted by Crippen LogP contribution is -2.29. The summed E-state index contributed by atoms with van der Waals surface area (Å²) in [5.74, 6) is 0.853. The van der Waals surface area contributed by atoms with Crippen LogP contribution in [0.15, 0.2) is 12.3 Å². The minimum Gasteiger partial charge on any atom is -0.311 e. The fourth-order valence-electron chi connectivity index (χ4n) is 2.50. The molecule has 0 aromatic carbocycles.